The highest BCUT2D eigenvalue weighted by Gasteiger charge is 2.14. The number of nitrogens with one attached hydrogen (secondary N) is 1. The van der Waals surface area contributed by atoms with E-state index in [1.54, 1.807) is 11.3 Å². The SMILES string of the molecule is Cc1nc(CC(=O)NCCc2nnc3n2CCCCC3)cs1. The predicted octanol–water partition coefficient (Wildman–Crippen LogP) is 1.67. The second-order valence-electron chi connectivity index (χ2n) is 5.63. The van der Waals surface area contributed by atoms with E-state index in [9.17, 15) is 4.79 Å². The molecule has 1 aliphatic heterocycles. The van der Waals surface area contributed by atoms with Crippen molar-refractivity contribution < 1.29 is 4.79 Å². The van der Waals surface area contributed by atoms with Crippen LogP contribution in [0.15, 0.2) is 5.38 Å². The number of aryl methyl sites for hydroxylation is 2. The molecule has 0 atom stereocenters. The number of thiazole rings is 1. The fourth-order valence-electron chi connectivity index (χ4n) is 2.76. The standard InChI is InChI=1S/C15H21N5OS/c1-11-17-12(10-22-11)9-15(21)16-7-6-14-19-18-13-5-3-2-4-8-20(13)14/h10H,2-9H2,1H3,(H,16,21). The van der Waals surface area contributed by atoms with E-state index in [1.807, 2.05) is 12.3 Å². The molecule has 7 heteroatoms. The lowest BCUT2D eigenvalue weighted by molar-refractivity contribution is -0.120. The first-order valence-electron chi connectivity index (χ1n) is 7.81. The Morgan fingerprint density at radius 1 is 1.36 bits per heavy atom. The molecular weight excluding hydrogens is 298 g/mol. The Hall–Kier alpha value is -1.76. The van der Waals surface area contributed by atoms with Crippen LogP contribution < -0.4 is 5.32 Å². The van der Waals surface area contributed by atoms with Crippen molar-refractivity contribution in [2.75, 3.05) is 6.54 Å². The first-order chi connectivity index (χ1) is 10.7. The maximum absolute atomic E-state index is 11.9. The Morgan fingerprint density at radius 3 is 3.09 bits per heavy atom. The second kappa shape index (κ2) is 7.00. The summed E-state index contributed by atoms with van der Waals surface area (Å²) in [6, 6.07) is 0. The van der Waals surface area contributed by atoms with Crippen LogP contribution in [0.5, 0.6) is 0 Å². The number of hydrogen-bond donors (Lipinski definition) is 1. The van der Waals surface area contributed by atoms with Crippen LogP contribution in [0.3, 0.4) is 0 Å². The molecule has 118 valence electrons. The van der Waals surface area contributed by atoms with Crippen LogP contribution in [0.4, 0.5) is 0 Å². The van der Waals surface area contributed by atoms with Crippen molar-refractivity contribution in [3.05, 3.63) is 27.7 Å². The van der Waals surface area contributed by atoms with Gasteiger partial charge >= 0.3 is 0 Å². The van der Waals surface area contributed by atoms with E-state index in [2.05, 4.69) is 25.1 Å². The van der Waals surface area contributed by atoms with E-state index < -0.39 is 0 Å². The Kier molecular flexibility index (Phi) is 4.82. The quantitative estimate of drug-likeness (QED) is 0.910. The van der Waals surface area contributed by atoms with Crippen LogP contribution in [0.2, 0.25) is 0 Å². The lowest BCUT2D eigenvalue weighted by Gasteiger charge is -2.07. The summed E-state index contributed by atoms with van der Waals surface area (Å²) in [6.07, 6.45) is 5.74. The van der Waals surface area contributed by atoms with Crippen molar-refractivity contribution in [1.29, 1.82) is 0 Å². The Bertz CT molecular complexity index is 648. The first kappa shape index (κ1) is 15.1. The van der Waals surface area contributed by atoms with Gasteiger partial charge in [0, 0.05) is 31.3 Å². The summed E-state index contributed by atoms with van der Waals surface area (Å²) in [7, 11) is 0. The van der Waals surface area contributed by atoms with Crippen molar-refractivity contribution in [1.82, 2.24) is 25.1 Å². The molecule has 0 aliphatic carbocycles. The van der Waals surface area contributed by atoms with Crippen molar-refractivity contribution in [2.45, 2.75) is 52.0 Å². The van der Waals surface area contributed by atoms with E-state index in [-0.39, 0.29) is 5.91 Å². The summed E-state index contributed by atoms with van der Waals surface area (Å²) >= 11 is 1.57. The monoisotopic (exact) mass is 319 g/mol. The van der Waals surface area contributed by atoms with Crippen LogP contribution in [-0.2, 0) is 30.6 Å². The van der Waals surface area contributed by atoms with Gasteiger partial charge in [-0.1, -0.05) is 6.42 Å². The van der Waals surface area contributed by atoms with Gasteiger partial charge in [-0.3, -0.25) is 4.79 Å². The minimum Gasteiger partial charge on any atom is -0.355 e. The first-order valence-corrected chi connectivity index (χ1v) is 8.69. The normalized spacial score (nSPS) is 14.4. The molecule has 2 aromatic rings. The third kappa shape index (κ3) is 3.71. The molecule has 2 aromatic heterocycles. The number of amides is 1. The summed E-state index contributed by atoms with van der Waals surface area (Å²) in [5.41, 5.74) is 0.844. The highest BCUT2D eigenvalue weighted by molar-refractivity contribution is 7.09. The van der Waals surface area contributed by atoms with Crippen LogP contribution in [0.1, 0.15) is 41.6 Å². The average molecular weight is 319 g/mol. The molecule has 1 N–H and O–H groups in total. The molecule has 0 saturated carbocycles. The third-order valence-corrected chi connectivity index (χ3v) is 4.69. The van der Waals surface area contributed by atoms with Gasteiger partial charge in [0.05, 0.1) is 17.1 Å². The molecule has 0 fully saturated rings. The predicted molar refractivity (Wildman–Crippen MR) is 84.8 cm³/mol. The molecule has 0 spiro atoms. The van der Waals surface area contributed by atoms with Gasteiger partial charge in [0.25, 0.3) is 0 Å². The van der Waals surface area contributed by atoms with Gasteiger partial charge in [-0.15, -0.1) is 21.5 Å². The van der Waals surface area contributed by atoms with Gasteiger partial charge in [0.1, 0.15) is 11.6 Å². The maximum atomic E-state index is 11.9. The lowest BCUT2D eigenvalue weighted by Crippen LogP contribution is -2.28. The largest absolute Gasteiger partial charge is 0.355 e. The smallest absolute Gasteiger partial charge is 0.226 e. The van der Waals surface area contributed by atoms with Gasteiger partial charge in [-0.05, 0) is 19.8 Å². The molecule has 0 unspecified atom stereocenters. The Labute approximate surface area is 134 Å². The lowest BCUT2D eigenvalue weighted by atomic mass is 10.2. The zero-order valence-corrected chi connectivity index (χ0v) is 13.7. The summed E-state index contributed by atoms with van der Waals surface area (Å²) in [5, 5.41) is 14.4. The average Bonchev–Trinajstić information content (AvgIpc) is 2.98. The number of nitrogens with zero attached hydrogens (tertiary/aromatic N) is 4. The number of aromatic nitrogens is 4. The van der Waals surface area contributed by atoms with E-state index in [4.69, 9.17) is 0 Å². The summed E-state index contributed by atoms with van der Waals surface area (Å²) in [5.74, 6) is 2.10. The Morgan fingerprint density at radius 2 is 2.27 bits per heavy atom. The van der Waals surface area contributed by atoms with Crippen molar-refractivity contribution in [2.24, 2.45) is 0 Å². The van der Waals surface area contributed by atoms with Gasteiger partial charge in [0.15, 0.2) is 0 Å². The highest BCUT2D eigenvalue weighted by Crippen LogP contribution is 2.14. The number of carbonyl (C=O) groups excluding carboxylic acids is 1. The molecule has 3 rings (SSSR count). The third-order valence-electron chi connectivity index (χ3n) is 3.87. The molecule has 1 aliphatic rings. The summed E-state index contributed by atoms with van der Waals surface area (Å²) < 4.78 is 2.23. The molecule has 0 saturated heterocycles. The number of rotatable bonds is 5. The van der Waals surface area contributed by atoms with E-state index >= 15 is 0 Å². The van der Waals surface area contributed by atoms with Crippen molar-refractivity contribution in [3.8, 4) is 0 Å². The molecule has 0 bridgehead atoms. The van der Waals surface area contributed by atoms with Gasteiger partial charge in [0.2, 0.25) is 5.91 Å². The van der Waals surface area contributed by atoms with Gasteiger partial charge in [-0.2, -0.15) is 0 Å². The second-order valence-corrected chi connectivity index (χ2v) is 6.69. The van der Waals surface area contributed by atoms with Crippen LogP contribution in [0.25, 0.3) is 0 Å². The molecule has 1 amide bonds. The number of fused-ring (bicyclic) bond motifs is 1. The summed E-state index contributed by atoms with van der Waals surface area (Å²) in [6.45, 7) is 3.55. The highest BCUT2D eigenvalue weighted by atomic mass is 32.1. The van der Waals surface area contributed by atoms with Crippen LogP contribution in [0, 0.1) is 6.92 Å². The van der Waals surface area contributed by atoms with E-state index in [0.717, 1.165) is 41.7 Å². The van der Waals surface area contributed by atoms with Crippen molar-refractivity contribution >= 4 is 17.2 Å². The minimum absolute atomic E-state index is 0.0147. The fraction of sp³-hybridized carbons (Fsp3) is 0.600. The zero-order chi connectivity index (χ0) is 15.4. The number of carbonyl (C=O) groups is 1. The molecule has 0 radical (unpaired) electrons. The van der Waals surface area contributed by atoms with Gasteiger partial charge < -0.3 is 9.88 Å². The maximum Gasteiger partial charge on any atom is 0.226 e. The molecule has 22 heavy (non-hydrogen) atoms. The fourth-order valence-corrected chi connectivity index (χ4v) is 3.37. The minimum atomic E-state index is 0.0147. The molecular formula is C15H21N5OS. The Balaban J connectivity index is 1.49. The van der Waals surface area contributed by atoms with Crippen LogP contribution >= 0.6 is 11.3 Å². The number of hydrogen-bond acceptors (Lipinski definition) is 5. The molecule has 3 heterocycles. The molecule has 6 nitrogen and oxygen atoms in total. The topological polar surface area (TPSA) is 72.7 Å². The van der Waals surface area contributed by atoms with Gasteiger partial charge in [-0.25, -0.2) is 4.98 Å². The van der Waals surface area contributed by atoms with E-state index in [1.165, 1.54) is 19.3 Å². The molecule has 0 aromatic carbocycles. The van der Waals surface area contributed by atoms with Crippen LogP contribution in [-0.4, -0.2) is 32.2 Å². The van der Waals surface area contributed by atoms with Crippen molar-refractivity contribution in [3.63, 3.8) is 0 Å². The zero-order valence-electron chi connectivity index (χ0n) is 12.8. The van der Waals surface area contributed by atoms with E-state index in [0.29, 0.717) is 13.0 Å². The summed E-state index contributed by atoms with van der Waals surface area (Å²) in [4.78, 5) is 16.2.